The quantitative estimate of drug-likeness (QED) is 0.670. The number of hydrogen-bond acceptors (Lipinski definition) is 6. The van der Waals surface area contributed by atoms with E-state index in [1.807, 2.05) is 31.2 Å². The van der Waals surface area contributed by atoms with Crippen molar-refractivity contribution < 1.29 is 19.0 Å². The lowest BCUT2D eigenvalue weighted by atomic mass is 10.2. The number of fused-ring (bicyclic) bond motifs is 1. The van der Waals surface area contributed by atoms with Gasteiger partial charge in [0.05, 0.1) is 24.2 Å². The maximum atomic E-state index is 12.4. The van der Waals surface area contributed by atoms with E-state index in [0.717, 1.165) is 11.4 Å². The molecule has 0 fully saturated rings. The van der Waals surface area contributed by atoms with Gasteiger partial charge in [0.25, 0.3) is 5.91 Å². The zero-order valence-corrected chi connectivity index (χ0v) is 15.3. The highest BCUT2D eigenvalue weighted by Crippen LogP contribution is 2.32. The molecule has 0 unspecified atom stereocenters. The van der Waals surface area contributed by atoms with Crippen molar-refractivity contribution in [2.75, 3.05) is 24.0 Å². The van der Waals surface area contributed by atoms with Crippen molar-refractivity contribution >= 4 is 23.1 Å². The van der Waals surface area contributed by atoms with Gasteiger partial charge >= 0.3 is 0 Å². The Balaban J connectivity index is 1.43. The molecule has 1 aromatic heterocycles. The van der Waals surface area contributed by atoms with E-state index in [1.165, 1.54) is 0 Å². The van der Waals surface area contributed by atoms with Gasteiger partial charge in [-0.15, -0.1) is 0 Å². The summed E-state index contributed by atoms with van der Waals surface area (Å²) in [5.41, 5.74) is 1.90. The van der Waals surface area contributed by atoms with Crippen LogP contribution in [0.3, 0.4) is 0 Å². The van der Waals surface area contributed by atoms with Crippen LogP contribution in [0.5, 0.6) is 17.2 Å². The molecule has 0 atom stereocenters. The van der Waals surface area contributed by atoms with E-state index in [2.05, 4.69) is 15.6 Å². The molecule has 2 aromatic carbocycles. The average Bonchev–Trinajstić information content (AvgIpc) is 3.19. The minimum absolute atomic E-state index is 0.172. The smallest absolute Gasteiger partial charge is 0.255 e. The SMILES string of the molecule is CCOc1ccccc1Nc1ccc(NC(=O)c2ccc3c(c2)OCO3)cn1. The third-order valence-electron chi connectivity index (χ3n) is 4.11. The Morgan fingerprint density at radius 3 is 2.79 bits per heavy atom. The highest BCUT2D eigenvalue weighted by Gasteiger charge is 2.16. The second-order valence-electron chi connectivity index (χ2n) is 6.01. The molecular formula is C21H19N3O4. The first kappa shape index (κ1) is 17.7. The van der Waals surface area contributed by atoms with Crippen molar-refractivity contribution in [1.82, 2.24) is 4.98 Å². The molecule has 142 valence electrons. The van der Waals surface area contributed by atoms with E-state index in [0.29, 0.717) is 35.2 Å². The van der Waals surface area contributed by atoms with Crippen LogP contribution in [0.25, 0.3) is 0 Å². The number of rotatable bonds is 6. The number of aromatic nitrogens is 1. The fraction of sp³-hybridized carbons (Fsp3) is 0.143. The third-order valence-corrected chi connectivity index (χ3v) is 4.11. The Kier molecular flexibility index (Phi) is 4.97. The summed E-state index contributed by atoms with van der Waals surface area (Å²) in [4.78, 5) is 16.8. The maximum absolute atomic E-state index is 12.4. The van der Waals surface area contributed by atoms with Gasteiger partial charge < -0.3 is 24.8 Å². The largest absolute Gasteiger partial charge is 0.492 e. The van der Waals surface area contributed by atoms with Gasteiger partial charge in [-0.2, -0.15) is 0 Å². The van der Waals surface area contributed by atoms with Crippen LogP contribution in [-0.2, 0) is 0 Å². The summed E-state index contributed by atoms with van der Waals surface area (Å²) in [5.74, 6) is 2.36. The van der Waals surface area contributed by atoms with Gasteiger partial charge in [-0.05, 0) is 49.4 Å². The van der Waals surface area contributed by atoms with Gasteiger partial charge in [-0.25, -0.2) is 4.98 Å². The van der Waals surface area contributed by atoms with E-state index in [9.17, 15) is 4.79 Å². The molecule has 0 saturated heterocycles. The fourth-order valence-corrected chi connectivity index (χ4v) is 2.77. The summed E-state index contributed by atoms with van der Waals surface area (Å²) < 4.78 is 16.2. The van der Waals surface area contributed by atoms with Crippen LogP contribution in [0, 0.1) is 0 Å². The number of ether oxygens (including phenoxy) is 3. The van der Waals surface area contributed by atoms with Gasteiger partial charge in [-0.3, -0.25) is 4.79 Å². The normalized spacial score (nSPS) is 11.8. The van der Waals surface area contributed by atoms with E-state index in [1.54, 1.807) is 36.5 Å². The van der Waals surface area contributed by atoms with Crippen molar-refractivity contribution in [2.24, 2.45) is 0 Å². The molecule has 0 aliphatic carbocycles. The average molecular weight is 377 g/mol. The molecule has 1 amide bonds. The van der Waals surface area contributed by atoms with E-state index in [-0.39, 0.29) is 12.7 Å². The Morgan fingerprint density at radius 2 is 1.96 bits per heavy atom. The van der Waals surface area contributed by atoms with Crippen LogP contribution in [0.15, 0.2) is 60.8 Å². The Labute approximate surface area is 162 Å². The van der Waals surface area contributed by atoms with E-state index >= 15 is 0 Å². The van der Waals surface area contributed by atoms with Gasteiger partial charge in [0.1, 0.15) is 11.6 Å². The number of nitrogens with zero attached hydrogens (tertiary/aromatic N) is 1. The van der Waals surface area contributed by atoms with Crippen molar-refractivity contribution in [1.29, 1.82) is 0 Å². The lowest BCUT2D eigenvalue weighted by Crippen LogP contribution is -2.12. The monoisotopic (exact) mass is 377 g/mol. The van der Waals surface area contributed by atoms with Crippen LogP contribution in [-0.4, -0.2) is 24.3 Å². The van der Waals surface area contributed by atoms with Gasteiger partial charge in [-0.1, -0.05) is 12.1 Å². The van der Waals surface area contributed by atoms with Gasteiger partial charge in [0.2, 0.25) is 6.79 Å². The topological polar surface area (TPSA) is 81.7 Å². The van der Waals surface area contributed by atoms with Gasteiger partial charge in [0.15, 0.2) is 11.5 Å². The molecule has 28 heavy (non-hydrogen) atoms. The van der Waals surface area contributed by atoms with Gasteiger partial charge in [0, 0.05) is 5.56 Å². The first-order valence-electron chi connectivity index (χ1n) is 8.89. The molecule has 1 aliphatic rings. The number of anilines is 3. The molecule has 2 N–H and O–H groups in total. The molecule has 3 aromatic rings. The predicted octanol–water partition coefficient (Wildman–Crippen LogP) is 4.20. The Morgan fingerprint density at radius 1 is 1.11 bits per heavy atom. The highest BCUT2D eigenvalue weighted by molar-refractivity contribution is 6.04. The van der Waals surface area contributed by atoms with Crippen molar-refractivity contribution in [3.63, 3.8) is 0 Å². The third kappa shape index (κ3) is 3.83. The summed E-state index contributed by atoms with van der Waals surface area (Å²) in [5, 5.41) is 6.04. The highest BCUT2D eigenvalue weighted by atomic mass is 16.7. The van der Waals surface area contributed by atoms with Crippen molar-refractivity contribution in [3.8, 4) is 17.2 Å². The lowest BCUT2D eigenvalue weighted by molar-refractivity contribution is 0.102. The minimum atomic E-state index is -0.248. The van der Waals surface area contributed by atoms with Crippen LogP contribution in [0.1, 0.15) is 17.3 Å². The first-order chi connectivity index (χ1) is 13.7. The second-order valence-corrected chi connectivity index (χ2v) is 6.01. The number of nitrogens with one attached hydrogen (secondary N) is 2. The molecule has 4 rings (SSSR count). The number of para-hydroxylation sites is 2. The van der Waals surface area contributed by atoms with Crippen LogP contribution >= 0.6 is 0 Å². The maximum Gasteiger partial charge on any atom is 0.255 e. The molecule has 1 aliphatic heterocycles. The summed E-state index contributed by atoms with van der Waals surface area (Å²) in [6, 6.07) is 16.3. The number of amides is 1. The summed E-state index contributed by atoms with van der Waals surface area (Å²) in [6.07, 6.45) is 1.59. The number of hydrogen-bond donors (Lipinski definition) is 2. The molecule has 0 spiro atoms. The predicted molar refractivity (Wildman–Crippen MR) is 106 cm³/mol. The fourth-order valence-electron chi connectivity index (χ4n) is 2.77. The molecule has 0 radical (unpaired) electrons. The standard InChI is InChI=1S/C21H19N3O4/c1-2-26-17-6-4-3-5-16(17)24-20-10-8-15(12-22-20)23-21(25)14-7-9-18-19(11-14)28-13-27-18/h3-12H,2,13H2,1H3,(H,22,24)(H,23,25). The molecule has 0 saturated carbocycles. The summed E-state index contributed by atoms with van der Waals surface area (Å²) >= 11 is 0. The lowest BCUT2D eigenvalue weighted by Gasteiger charge is -2.12. The molecule has 7 nitrogen and oxygen atoms in total. The Bertz CT molecular complexity index is 989. The van der Waals surface area contributed by atoms with Crippen LogP contribution in [0.2, 0.25) is 0 Å². The zero-order valence-electron chi connectivity index (χ0n) is 15.3. The second kappa shape index (κ2) is 7.87. The molecule has 2 heterocycles. The number of carbonyl (C=O) groups excluding carboxylic acids is 1. The Hall–Kier alpha value is -3.74. The molecule has 0 bridgehead atoms. The summed E-state index contributed by atoms with van der Waals surface area (Å²) in [6.45, 7) is 2.69. The number of pyridine rings is 1. The molecular weight excluding hydrogens is 358 g/mol. The minimum Gasteiger partial charge on any atom is -0.492 e. The van der Waals surface area contributed by atoms with Crippen molar-refractivity contribution in [2.45, 2.75) is 6.92 Å². The number of benzene rings is 2. The van der Waals surface area contributed by atoms with Crippen LogP contribution in [0.4, 0.5) is 17.2 Å². The summed E-state index contributed by atoms with van der Waals surface area (Å²) in [7, 11) is 0. The van der Waals surface area contributed by atoms with E-state index in [4.69, 9.17) is 14.2 Å². The van der Waals surface area contributed by atoms with Crippen molar-refractivity contribution in [3.05, 3.63) is 66.4 Å². The van der Waals surface area contributed by atoms with Crippen LogP contribution < -0.4 is 24.8 Å². The zero-order chi connectivity index (χ0) is 19.3. The first-order valence-corrected chi connectivity index (χ1v) is 8.89. The van der Waals surface area contributed by atoms with E-state index < -0.39 is 0 Å². The number of carbonyl (C=O) groups is 1. The molecule has 7 heteroatoms.